The minimum Gasteiger partial charge on any atom is -0.497 e. The third-order valence-corrected chi connectivity index (χ3v) is 5.13. The molecular formula is C19H21N7O3. The molecule has 0 spiro atoms. The quantitative estimate of drug-likeness (QED) is 0.763. The number of morpholine rings is 1. The van der Waals surface area contributed by atoms with Crippen molar-refractivity contribution in [3.63, 3.8) is 0 Å². The van der Waals surface area contributed by atoms with Crippen molar-refractivity contribution in [3.05, 3.63) is 30.2 Å². The second-order valence-electron chi connectivity index (χ2n) is 6.88. The van der Waals surface area contributed by atoms with E-state index in [1.165, 1.54) is 0 Å². The van der Waals surface area contributed by atoms with Gasteiger partial charge in [0, 0.05) is 18.7 Å². The predicted molar refractivity (Wildman–Crippen MR) is 106 cm³/mol. The molecule has 4 heterocycles. The normalized spacial score (nSPS) is 23.3. The lowest BCUT2D eigenvalue weighted by atomic mass is 10.1. The largest absolute Gasteiger partial charge is 0.497 e. The van der Waals surface area contributed by atoms with Gasteiger partial charge in [-0.05, 0) is 24.3 Å². The van der Waals surface area contributed by atoms with Crippen LogP contribution in [0.15, 0.2) is 43.7 Å². The van der Waals surface area contributed by atoms with Crippen molar-refractivity contribution < 1.29 is 13.9 Å². The number of ether oxygens (including phenoxy) is 2. The zero-order chi connectivity index (χ0) is 19.6. The number of nitrogens with zero attached hydrogens (tertiary/aromatic N) is 7. The van der Waals surface area contributed by atoms with E-state index in [9.17, 15) is 0 Å². The van der Waals surface area contributed by atoms with Crippen molar-refractivity contribution in [1.82, 2.24) is 20.0 Å². The smallest absolute Gasteiger partial charge is 0.247 e. The number of amidine groups is 1. The number of benzene rings is 1. The van der Waals surface area contributed by atoms with Crippen molar-refractivity contribution in [2.75, 3.05) is 33.4 Å². The molecule has 1 aromatic heterocycles. The SMILES string of the molecule is COc1ccc(-c2nnc(CN3C=NC4C(N5CCOCC5)=NC=NC43)o2)cc1. The van der Waals surface area contributed by atoms with Crippen molar-refractivity contribution in [3.8, 4) is 17.2 Å². The highest BCUT2D eigenvalue weighted by molar-refractivity contribution is 5.97. The van der Waals surface area contributed by atoms with Crippen LogP contribution in [0.25, 0.3) is 11.5 Å². The van der Waals surface area contributed by atoms with Crippen LogP contribution in [-0.4, -0.2) is 84.1 Å². The number of hydrogen-bond acceptors (Lipinski definition) is 10. The van der Waals surface area contributed by atoms with Gasteiger partial charge in [0.1, 0.15) is 24.0 Å². The molecule has 3 aliphatic rings. The first-order chi connectivity index (χ1) is 14.3. The minimum atomic E-state index is -0.151. The molecule has 2 unspecified atom stereocenters. The highest BCUT2D eigenvalue weighted by atomic mass is 16.5. The summed E-state index contributed by atoms with van der Waals surface area (Å²) in [7, 11) is 1.63. The number of rotatable bonds is 4. The maximum Gasteiger partial charge on any atom is 0.247 e. The lowest BCUT2D eigenvalue weighted by Gasteiger charge is -2.34. The van der Waals surface area contributed by atoms with Crippen LogP contribution in [0, 0.1) is 0 Å². The maximum atomic E-state index is 5.85. The van der Waals surface area contributed by atoms with Gasteiger partial charge in [0.25, 0.3) is 0 Å². The molecule has 1 aromatic carbocycles. The molecule has 2 atom stereocenters. The second-order valence-corrected chi connectivity index (χ2v) is 6.88. The molecule has 0 aliphatic carbocycles. The van der Waals surface area contributed by atoms with Gasteiger partial charge in [-0.2, -0.15) is 0 Å². The van der Waals surface area contributed by atoms with Crippen molar-refractivity contribution in [2.45, 2.75) is 18.8 Å². The summed E-state index contributed by atoms with van der Waals surface area (Å²) in [6, 6.07) is 7.38. The minimum absolute atomic E-state index is 0.123. The van der Waals surface area contributed by atoms with E-state index in [2.05, 4.69) is 30.1 Å². The summed E-state index contributed by atoms with van der Waals surface area (Å²) >= 11 is 0. The summed E-state index contributed by atoms with van der Waals surface area (Å²) in [5, 5.41) is 8.35. The molecule has 10 heteroatoms. The monoisotopic (exact) mass is 395 g/mol. The molecule has 5 rings (SSSR count). The Labute approximate surface area is 167 Å². The molecule has 150 valence electrons. The highest BCUT2D eigenvalue weighted by Crippen LogP contribution is 2.25. The predicted octanol–water partition coefficient (Wildman–Crippen LogP) is 1.06. The molecule has 1 saturated heterocycles. The highest BCUT2D eigenvalue weighted by Gasteiger charge is 2.38. The Morgan fingerprint density at radius 1 is 1.10 bits per heavy atom. The summed E-state index contributed by atoms with van der Waals surface area (Å²) in [5.41, 5.74) is 0.843. The standard InChI is InChI=1S/C19H21N7O3/c1-27-14-4-2-13(3-5-14)19-24-23-15(29-19)10-26-12-22-16-17(20-11-21-18(16)26)25-6-8-28-9-7-25/h2-5,11-12,16,18H,6-10H2,1H3. The molecule has 2 aromatic rings. The molecule has 0 N–H and O–H groups in total. The third kappa shape index (κ3) is 3.46. The Kier molecular flexibility index (Phi) is 4.68. The van der Waals surface area contributed by atoms with E-state index in [0.29, 0.717) is 31.5 Å². The first kappa shape index (κ1) is 17.8. The van der Waals surface area contributed by atoms with Crippen molar-refractivity contribution in [2.24, 2.45) is 15.0 Å². The van der Waals surface area contributed by atoms with Crippen molar-refractivity contribution >= 4 is 18.5 Å². The molecule has 3 aliphatic heterocycles. The van der Waals surface area contributed by atoms with Gasteiger partial charge < -0.3 is 23.7 Å². The van der Waals surface area contributed by atoms with E-state index in [-0.39, 0.29) is 12.2 Å². The topological polar surface area (TPSA) is 101 Å². The lowest BCUT2D eigenvalue weighted by molar-refractivity contribution is 0.0662. The van der Waals surface area contributed by atoms with Crippen LogP contribution in [0.3, 0.4) is 0 Å². The van der Waals surface area contributed by atoms with Gasteiger partial charge in [-0.3, -0.25) is 4.99 Å². The van der Waals surface area contributed by atoms with Gasteiger partial charge in [0.05, 0.1) is 33.2 Å². The summed E-state index contributed by atoms with van der Waals surface area (Å²) in [5.74, 6) is 2.70. The number of fused-ring (bicyclic) bond motifs is 1. The average molecular weight is 395 g/mol. The van der Waals surface area contributed by atoms with Crippen molar-refractivity contribution in [1.29, 1.82) is 0 Å². The number of aromatic nitrogens is 2. The summed E-state index contributed by atoms with van der Waals surface area (Å²) in [6.07, 6.45) is 3.26. The maximum absolute atomic E-state index is 5.85. The van der Waals surface area contributed by atoms with Crippen LogP contribution < -0.4 is 4.74 Å². The fourth-order valence-electron chi connectivity index (χ4n) is 3.61. The Balaban J connectivity index is 1.27. The number of methoxy groups -OCH3 is 1. The van der Waals surface area contributed by atoms with E-state index in [0.717, 1.165) is 30.2 Å². The van der Waals surface area contributed by atoms with E-state index in [4.69, 9.17) is 13.9 Å². The first-order valence-corrected chi connectivity index (χ1v) is 9.50. The van der Waals surface area contributed by atoms with Crippen LogP contribution in [0.1, 0.15) is 5.89 Å². The van der Waals surface area contributed by atoms with Crippen LogP contribution in [0.4, 0.5) is 0 Å². The van der Waals surface area contributed by atoms with E-state index in [1.54, 1.807) is 19.8 Å². The van der Waals surface area contributed by atoms with E-state index < -0.39 is 0 Å². The van der Waals surface area contributed by atoms with Crippen LogP contribution in [-0.2, 0) is 11.3 Å². The summed E-state index contributed by atoms with van der Waals surface area (Å²) < 4.78 is 16.5. The van der Waals surface area contributed by atoms with Gasteiger partial charge in [-0.25, -0.2) is 9.98 Å². The molecule has 10 nitrogen and oxygen atoms in total. The molecule has 0 amide bonds. The average Bonchev–Trinajstić information content (AvgIpc) is 3.42. The van der Waals surface area contributed by atoms with E-state index >= 15 is 0 Å². The third-order valence-electron chi connectivity index (χ3n) is 5.13. The van der Waals surface area contributed by atoms with Gasteiger partial charge in [-0.1, -0.05) is 0 Å². The van der Waals surface area contributed by atoms with Crippen LogP contribution in [0.5, 0.6) is 5.75 Å². The summed E-state index contributed by atoms with van der Waals surface area (Å²) in [4.78, 5) is 17.9. The lowest BCUT2D eigenvalue weighted by Crippen LogP contribution is -2.50. The number of hydrogen-bond donors (Lipinski definition) is 0. The summed E-state index contributed by atoms with van der Waals surface area (Å²) in [6.45, 7) is 3.48. The van der Waals surface area contributed by atoms with Crippen LogP contribution >= 0.6 is 0 Å². The molecule has 29 heavy (non-hydrogen) atoms. The Hall–Kier alpha value is -3.27. The first-order valence-electron chi connectivity index (χ1n) is 9.50. The van der Waals surface area contributed by atoms with Gasteiger partial charge in [0.2, 0.25) is 11.8 Å². The molecular weight excluding hydrogens is 374 g/mol. The Morgan fingerprint density at radius 2 is 1.93 bits per heavy atom. The Morgan fingerprint density at radius 3 is 2.72 bits per heavy atom. The molecule has 0 radical (unpaired) electrons. The zero-order valence-corrected chi connectivity index (χ0v) is 16.0. The second kappa shape index (κ2) is 7.63. The van der Waals surface area contributed by atoms with Gasteiger partial charge >= 0.3 is 0 Å². The molecule has 1 fully saturated rings. The molecule has 0 saturated carbocycles. The fraction of sp³-hybridized carbons (Fsp3) is 0.421. The van der Waals surface area contributed by atoms with Crippen LogP contribution in [0.2, 0.25) is 0 Å². The van der Waals surface area contributed by atoms with Gasteiger partial charge in [-0.15, -0.1) is 10.2 Å². The van der Waals surface area contributed by atoms with E-state index in [1.807, 2.05) is 29.2 Å². The zero-order valence-electron chi connectivity index (χ0n) is 16.0. The molecule has 0 bridgehead atoms. The fourth-order valence-corrected chi connectivity index (χ4v) is 3.61. The number of aliphatic imine (C=N–C) groups is 3. The van der Waals surface area contributed by atoms with Gasteiger partial charge in [0.15, 0.2) is 6.17 Å². The Bertz CT molecular complexity index is 947.